The summed E-state index contributed by atoms with van der Waals surface area (Å²) in [5, 5.41) is 29.0. The van der Waals surface area contributed by atoms with Crippen LogP contribution in [0.1, 0.15) is 31.2 Å². The van der Waals surface area contributed by atoms with Crippen molar-refractivity contribution in [3.63, 3.8) is 0 Å². The highest BCUT2D eigenvalue weighted by Crippen LogP contribution is 2.50. The number of hydrogen-bond donors (Lipinski definition) is 4. The predicted molar refractivity (Wildman–Crippen MR) is 140 cm³/mol. The smallest absolute Gasteiger partial charge is 0.348 e. The van der Waals surface area contributed by atoms with Gasteiger partial charge in [-0.05, 0) is 43.7 Å². The Bertz CT molecular complexity index is 1380. The standard InChI is InChI=1S/C25H26N6O8S/c1-25(2)18(22(35)36)31-20(34)17(21(31)40-25)27-19(33)16(13-5-7-14(32)8-6-13)28-23(37)29-9-10-30(24(29)38)26-12-15-4-3-11-39-15/h3-8,11-12,16-18,21,32H,9-10H2,1-2H3,(H,27,33)(H,28,37)(H,35,36)/b26-12+. The summed E-state index contributed by atoms with van der Waals surface area (Å²) in [5.74, 6) is -2.07. The Labute approximate surface area is 232 Å². The van der Waals surface area contributed by atoms with Crippen LogP contribution in [0.2, 0.25) is 0 Å². The van der Waals surface area contributed by atoms with Gasteiger partial charge in [-0.25, -0.2) is 24.3 Å². The number of imide groups is 1. The van der Waals surface area contributed by atoms with Crippen LogP contribution in [-0.4, -0.2) is 96.4 Å². The highest BCUT2D eigenvalue weighted by atomic mass is 32.2. The zero-order valence-corrected chi connectivity index (χ0v) is 22.2. The van der Waals surface area contributed by atoms with Crippen LogP contribution in [0.3, 0.4) is 0 Å². The van der Waals surface area contributed by atoms with E-state index in [1.165, 1.54) is 53.4 Å². The van der Waals surface area contributed by atoms with Crippen LogP contribution in [0.25, 0.3) is 0 Å². The Balaban J connectivity index is 1.30. The van der Waals surface area contributed by atoms with Crippen molar-refractivity contribution >= 4 is 47.8 Å². The van der Waals surface area contributed by atoms with Gasteiger partial charge in [0.1, 0.15) is 35.0 Å². The Kier molecular flexibility index (Phi) is 6.91. The number of urea groups is 2. The Morgan fingerprint density at radius 3 is 2.55 bits per heavy atom. The minimum atomic E-state index is -1.34. The molecule has 15 heteroatoms. The maximum atomic E-state index is 13.4. The number of aromatic hydroxyl groups is 1. The number of phenolic OH excluding ortho intramolecular Hbond substituents is 1. The summed E-state index contributed by atoms with van der Waals surface area (Å²) in [6, 6.07) is 3.86. The van der Waals surface area contributed by atoms with Crippen LogP contribution < -0.4 is 10.6 Å². The Morgan fingerprint density at radius 1 is 1.18 bits per heavy atom. The lowest BCUT2D eigenvalue weighted by atomic mass is 9.95. The minimum Gasteiger partial charge on any atom is -0.508 e. The highest BCUT2D eigenvalue weighted by Gasteiger charge is 2.64. The number of nitrogens with zero attached hydrogens (tertiary/aromatic N) is 4. The molecule has 40 heavy (non-hydrogen) atoms. The number of nitrogens with one attached hydrogen (secondary N) is 2. The third-order valence-corrected chi connectivity index (χ3v) is 8.40. The van der Waals surface area contributed by atoms with Crippen molar-refractivity contribution in [1.29, 1.82) is 0 Å². The highest BCUT2D eigenvalue weighted by molar-refractivity contribution is 8.01. The minimum absolute atomic E-state index is 0.00449. The first-order chi connectivity index (χ1) is 19.0. The molecule has 3 aliphatic rings. The van der Waals surface area contributed by atoms with Crippen LogP contribution in [0.4, 0.5) is 9.59 Å². The number of carbonyl (C=O) groups is 5. The molecule has 3 fully saturated rings. The molecule has 1 aromatic carbocycles. The molecule has 4 atom stereocenters. The van der Waals surface area contributed by atoms with Gasteiger partial charge in [-0.2, -0.15) is 5.10 Å². The topological polar surface area (TPSA) is 185 Å². The quantitative estimate of drug-likeness (QED) is 0.280. The lowest BCUT2D eigenvalue weighted by Gasteiger charge is -2.44. The molecule has 4 heterocycles. The fourth-order valence-electron chi connectivity index (χ4n) is 4.86. The van der Waals surface area contributed by atoms with Gasteiger partial charge in [0.15, 0.2) is 0 Å². The number of aliphatic carboxylic acids is 1. The van der Waals surface area contributed by atoms with Crippen molar-refractivity contribution in [3.8, 4) is 5.75 Å². The molecular formula is C25H26N6O8S. The van der Waals surface area contributed by atoms with Crippen LogP contribution in [0.15, 0.2) is 52.2 Å². The fraction of sp³-hybridized carbons (Fsp3) is 0.360. The zero-order chi connectivity index (χ0) is 28.8. The maximum absolute atomic E-state index is 13.4. The maximum Gasteiger partial charge on any atom is 0.348 e. The van der Waals surface area contributed by atoms with Crippen LogP contribution in [-0.2, 0) is 14.4 Å². The number of benzene rings is 1. The van der Waals surface area contributed by atoms with Crippen molar-refractivity contribution in [2.45, 2.75) is 42.1 Å². The molecule has 3 aliphatic heterocycles. The number of fused-ring (bicyclic) bond motifs is 1. The number of amides is 6. The number of furan rings is 1. The lowest BCUT2D eigenvalue weighted by molar-refractivity contribution is -0.161. The summed E-state index contributed by atoms with van der Waals surface area (Å²) in [5.41, 5.74) is 0.287. The normalized spacial score (nSPS) is 24.1. The van der Waals surface area contributed by atoms with Crippen LogP contribution >= 0.6 is 11.8 Å². The second-order valence-corrected chi connectivity index (χ2v) is 11.6. The summed E-state index contributed by atoms with van der Waals surface area (Å²) in [7, 11) is 0. The van der Waals surface area contributed by atoms with E-state index in [0.29, 0.717) is 5.76 Å². The van der Waals surface area contributed by atoms with E-state index >= 15 is 0 Å². The van der Waals surface area contributed by atoms with E-state index in [1.54, 1.807) is 26.0 Å². The molecule has 0 radical (unpaired) electrons. The molecule has 4 unspecified atom stereocenters. The molecule has 0 bridgehead atoms. The van der Waals surface area contributed by atoms with Gasteiger partial charge < -0.3 is 30.2 Å². The molecule has 0 saturated carbocycles. The molecule has 0 spiro atoms. The molecule has 6 amide bonds. The summed E-state index contributed by atoms with van der Waals surface area (Å²) in [6.45, 7) is 3.56. The van der Waals surface area contributed by atoms with E-state index in [1.807, 2.05) is 0 Å². The number of hydrogen-bond acceptors (Lipinski definition) is 9. The molecule has 1 aromatic heterocycles. The third kappa shape index (κ3) is 4.83. The van der Waals surface area contributed by atoms with Crippen LogP contribution in [0.5, 0.6) is 5.75 Å². The molecule has 0 aliphatic carbocycles. The van der Waals surface area contributed by atoms with E-state index in [9.17, 15) is 34.2 Å². The average molecular weight is 571 g/mol. The van der Waals surface area contributed by atoms with Gasteiger partial charge in [-0.15, -0.1) is 11.8 Å². The van der Waals surface area contributed by atoms with Crippen molar-refractivity contribution in [2.24, 2.45) is 5.10 Å². The average Bonchev–Trinajstić information content (AvgIpc) is 3.61. The predicted octanol–water partition coefficient (Wildman–Crippen LogP) is 1.14. The Morgan fingerprint density at radius 2 is 1.90 bits per heavy atom. The van der Waals surface area contributed by atoms with E-state index in [-0.39, 0.29) is 24.4 Å². The summed E-state index contributed by atoms with van der Waals surface area (Å²) < 4.78 is 4.37. The summed E-state index contributed by atoms with van der Waals surface area (Å²) >= 11 is 1.27. The largest absolute Gasteiger partial charge is 0.508 e. The zero-order valence-electron chi connectivity index (χ0n) is 21.4. The lowest BCUT2D eigenvalue weighted by Crippen LogP contribution is -2.71. The number of phenols is 1. The summed E-state index contributed by atoms with van der Waals surface area (Å²) in [4.78, 5) is 66.2. The van der Waals surface area contributed by atoms with Gasteiger partial charge in [0.25, 0.3) is 0 Å². The van der Waals surface area contributed by atoms with Crippen molar-refractivity contribution in [3.05, 3.63) is 54.0 Å². The fourth-order valence-corrected chi connectivity index (χ4v) is 6.49. The number of carboxylic acids is 1. The van der Waals surface area contributed by atoms with Gasteiger partial charge >= 0.3 is 18.0 Å². The van der Waals surface area contributed by atoms with Crippen LogP contribution in [0, 0.1) is 0 Å². The molecule has 5 rings (SSSR count). The van der Waals surface area contributed by atoms with Gasteiger partial charge in [-0.3, -0.25) is 9.59 Å². The molecule has 210 valence electrons. The first-order valence-electron chi connectivity index (χ1n) is 12.3. The van der Waals surface area contributed by atoms with E-state index in [2.05, 4.69) is 15.7 Å². The van der Waals surface area contributed by atoms with E-state index in [0.717, 1.165) is 9.91 Å². The molecular weight excluding hydrogens is 544 g/mol. The SMILES string of the molecule is CC1(C)SC2C(NC(=O)C(NC(=O)N3CCN(/N=C/c4ccco4)C3=O)c3ccc(O)cc3)C(=O)N2C1C(=O)O. The van der Waals surface area contributed by atoms with E-state index in [4.69, 9.17) is 4.42 Å². The number of β-lactam (4-membered cyclic amide) rings is 1. The summed E-state index contributed by atoms with van der Waals surface area (Å²) in [6.07, 6.45) is 2.79. The first kappa shape index (κ1) is 27.1. The molecule has 2 aromatic rings. The van der Waals surface area contributed by atoms with Gasteiger partial charge in [0.2, 0.25) is 11.8 Å². The van der Waals surface area contributed by atoms with Crippen molar-refractivity contribution < 1.29 is 38.6 Å². The number of rotatable bonds is 7. The number of carboxylic acid groups (broad SMARTS) is 1. The molecule has 4 N–H and O–H groups in total. The number of carbonyl (C=O) groups excluding carboxylic acids is 4. The van der Waals surface area contributed by atoms with Crippen molar-refractivity contribution in [2.75, 3.05) is 13.1 Å². The number of thioether (sulfide) groups is 1. The Hall–Kier alpha value is -4.53. The van der Waals surface area contributed by atoms with E-state index < -0.39 is 58.1 Å². The monoisotopic (exact) mass is 570 g/mol. The second kappa shape index (κ2) is 10.2. The molecule has 3 saturated heterocycles. The van der Waals surface area contributed by atoms with Gasteiger partial charge in [0, 0.05) is 4.75 Å². The number of hydrazone groups is 1. The molecule has 14 nitrogen and oxygen atoms in total. The van der Waals surface area contributed by atoms with Gasteiger partial charge in [0.05, 0.1) is 25.6 Å². The second-order valence-electron chi connectivity index (χ2n) is 9.88. The third-order valence-electron chi connectivity index (χ3n) is 6.83. The van der Waals surface area contributed by atoms with Crippen molar-refractivity contribution in [1.82, 2.24) is 25.4 Å². The first-order valence-corrected chi connectivity index (χ1v) is 13.1. The van der Waals surface area contributed by atoms with Gasteiger partial charge in [-0.1, -0.05) is 12.1 Å².